The highest BCUT2D eigenvalue weighted by Gasteiger charge is 2.21. The second-order valence-corrected chi connectivity index (χ2v) is 5.08. The Hall–Kier alpha value is -1.10. The van der Waals surface area contributed by atoms with Gasteiger partial charge in [0.25, 0.3) is 0 Å². The van der Waals surface area contributed by atoms with Crippen molar-refractivity contribution >= 4 is 0 Å². The highest BCUT2D eigenvalue weighted by atomic mass is 16.5. The quantitative estimate of drug-likeness (QED) is 0.881. The molecule has 0 radical (unpaired) electrons. The molecule has 0 spiro atoms. The molecule has 4 nitrogen and oxygen atoms in total. The molecule has 1 aliphatic heterocycles. The zero-order valence-electron chi connectivity index (χ0n) is 11.8. The molecule has 0 bridgehead atoms. The van der Waals surface area contributed by atoms with Gasteiger partial charge in [0, 0.05) is 38.3 Å². The van der Waals surface area contributed by atoms with Gasteiger partial charge in [-0.1, -0.05) is 18.2 Å². The van der Waals surface area contributed by atoms with Crippen LogP contribution in [0.15, 0.2) is 24.3 Å². The summed E-state index contributed by atoms with van der Waals surface area (Å²) in [5, 5.41) is 0. The number of nitrogens with zero attached hydrogens (tertiary/aromatic N) is 1. The van der Waals surface area contributed by atoms with Crippen molar-refractivity contribution in [1.29, 1.82) is 0 Å². The van der Waals surface area contributed by atoms with E-state index >= 15 is 0 Å². The van der Waals surface area contributed by atoms with Gasteiger partial charge in [-0.3, -0.25) is 0 Å². The van der Waals surface area contributed by atoms with E-state index in [1.807, 2.05) is 24.3 Å². The Kier molecular flexibility index (Phi) is 5.19. The number of hydrogen-bond acceptors (Lipinski definition) is 4. The van der Waals surface area contributed by atoms with E-state index in [1.165, 1.54) is 0 Å². The average Bonchev–Trinajstić information content (AvgIpc) is 2.48. The summed E-state index contributed by atoms with van der Waals surface area (Å²) >= 11 is 0. The van der Waals surface area contributed by atoms with E-state index in [4.69, 9.17) is 15.2 Å². The van der Waals surface area contributed by atoms with Crippen molar-refractivity contribution in [3.63, 3.8) is 0 Å². The Balaban J connectivity index is 1.92. The van der Waals surface area contributed by atoms with Gasteiger partial charge in [-0.05, 0) is 18.9 Å². The first-order valence-electron chi connectivity index (χ1n) is 6.88. The lowest BCUT2D eigenvalue weighted by atomic mass is 10.0. The van der Waals surface area contributed by atoms with Crippen molar-refractivity contribution in [2.24, 2.45) is 5.73 Å². The third-order valence-electron chi connectivity index (χ3n) is 3.86. The summed E-state index contributed by atoms with van der Waals surface area (Å²) in [5.41, 5.74) is 7.40. The van der Waals surface area contributed by atoms with E-state index in [-0.39, 0.29) is 6.04 Å². The van der Waals surface area contributed by atoms with Crippen molar-refractivity contribution in [3.05, 3.63) is 29.8 Å². The lowest BCUT2D eigenvalue weighted by molar-refractivity contribution is 0.0394. The first kappa shape index (κ1) is 14.3. The summed E-state index contributed by atoms with van der Waals surface area (Å²) in [6.45, 7) is 2.99. The zero-order valence-corrected chi connectivity index (χ0v) is 11.8. The minimum Gasteiger partial charge on any atom is -0.496 e. The maximum Gasteiger partial charge on any atom is 0.123 e. The molecule has 1 heterocycles. The topological polar surface area (TPSA) is 47.7 Å². The van der Waals surface area contributed by atoms with Crippen LogP contribution in [0.3, 0.4) is 0 Å². The molecule has 0 saturated carbocycles. The summed E-state index contributed by atoms with van der Waals surface area (Å²) in [7, 11) is 3.48. The summed E-state index contributed by atoms with van der Waals surface area (Å²) < 4.78 is 10.8. The summed E-state index contributed by atoms with van der Waals surface area (Å²) in [6.07, 6.45) is 2.60. The van der Waals surface area contributed by atoms with Gasteiger partial charge in [-0.25, -0.2) is 0 Å². The minimum absolute atomic E-state index is 0.00440. The van der Waals surface area contributed by atoms with Crippen LogP contribution in [0.4, 0.5) is 0 Å². The van der Waals surface area contributed by atoms with E-state index < -0.39 is 0 Å². The van der Waals surface area contributed by atoms with E-state index in [9.17, 15) is 0 Å². The number of likely N-dealkylation sites (tertiary alicyclic amines) is 1. The number of rotatable bonds is 5. The molecule has 0 aliphatic carbocycles. The molecular formula is C15H24N2O2. The van der Waals surface area contributed by atoms with Crippen LogP contribution in [0.1, 0.15) is 24.4 Å². The molecule has 0 amide bonds. The molecule has 1 aromatic rings. The summed E-state index contributed by atoms with van der Waals surface area (Å²) in [4.78, 5) is 2.41. The van der Waals surface area contributed by atoms with Gasteiger partial charge in [-0.2, -0.15) is 0 Å². The van der Waals surface area contributed by atoms with Gasteiger partial charge in [0.05, 0.1) is 13.2 Å². The molecule has 4 heteroatoms. The Morgan fingerprint density at radius 2 is 1.95 bits per heavy atom. The number of nitrogens with two attached hydrogens (primary N) is 1. The molecule has 1 unspecified atom stereocenters. The van der Waals surface area contributed by atoms with Gasteiger partial charge < -0.3 is 20.1 Å². The predicted molar refractivity (Wildman–Crippen MR) is 76.4 cm³/mol. The molecule has 106 valence electrons. The fraction of sp³-hybridized carbons (Fsp3) is 0.600. The van der Waals surface area contributed by atoms with Crippen LogP contribution >= 0.6 is 0 Å². The minimum atomic E-state index is -0.00440. The maximum atomic E-state index is 6.32. The third kappa shape index (κ3) is 3.69. The largest absolute Gasteiger partial charge is 0.496 e. The van der Waals surface area contributed by atoms with Crippen molar-refractivity contribution in [2.45, 2.75) is 25.0 Å². The Labute approximate surface area is 115 Å². The number of para-hydroxylation sites is 1. The Morgan fingerprint density at radius 1 is 1.26 bits per heavy atom. The predicted octanol–water partition coefficient (Wildman–Crippen LogP) is 1.81. The molecule has 2 rings (SSSR count). The first-order chi connectivity index (χ1) is 9.24. The van der Waals surface area contributed by atoms with Crippen molar-refractivity contribution < 1.29 is 9.47 Å². The van der Waals surface area contributed by atoms with Gasteiger partial charge in [0.15, 0.2) is 0 Å². The van der Waals surface area contributed by atoms with Crippen LogP contribution in [0.5, 0.6) is 5.75 Å². The monoisotopic (exact) mass is 264 g/mol. The second kappa shape index (κ2) is 6.89. The molecule has 1 saturated heterocycles. The maximum absolute atomic E-state index is 6.32. The van der Waals surface area contributed by atoms with Crippen LogP contribution in [0.2, 0.25) is 0 Å². The van der Waals surface area contributed by atoms with Crippen LogP contribution < -0.4 is 10.5 Å². The van der Waals surface area contributed by atoms with Gasteiger partial charge in [0.2, 0.25) is 0 Å². The Morgan fingerprint density at radius 3 is 2.58 bits per heavy atom. The highest BCUT2D eigenvalue weighted by molar-refractivity contribution is 5.35. The lowest BCUT2D eigenvalue weighted by Gasteiger charge is -2.33. The summed E-state index contributed by atoms with van der Waals surface area (Å²) in [5.74, 6) is 0.877. The number of hydrogen-bond donors (Lipinski definition) is 1. The Bertz CT molecular complexity index is 389. The molecule has 1 aromatic carbocycles. The van der Waals surface area contributed by atoms with Crippen LogP contribution in [-0.2, 0) is 4.74 Å². The SMILES string of the molecule is COc1ccccc1C(N)CN1CCC(OC)CC1. The van der Waals surface area contributed by atoms with Gasteiger partial charge in [-0.15, -0.1) is 0 Å². The smallest absolute Gasteiger partial charge is 0.123 e. The second-order valence-electron chi connectivity index (χ2n) is 5.08. The summed E-state index contributed by atoms with van der Waals surface area (Å²) in [6, 6.07) is 7.99. The number of ether oxygens (including phenoxy) is 2. The van der Waals surface area contributed by atoms with Gasteiger partial charge in [0.1, 0.15) is 5.75 Å². The molecule has 2 N–H and O–H groups in total. The number of piperidine rings is 1. The normalized spacial score (nSPS) is 19.3. The first-order valence-corrected chi connectivity index (χ1v) is 6.88. The highest BCUT2D eigenvalue weighted by Crippen LogP contribution is 2.24. The van der Waals surface area contributed by atoms with E-state index in [0.29, 0.717) is 6.10 Å². The van der Waals surface area contributed by atoms with Crippen LogP contribution in [-0.4, -0.2) is 44.9 Å². The average molecular weight is 264 g/mol. The fourth-order valence-corrected chi connectivity index (χ4v) is 2.68. The van der Waals surface area contributed by atoms with Gasteiger partial charge >= 0.3 is 0 Å². The molecule has 0 aromatic heterocycles. The fourth-order valence-electron chi connectivity index (χ4n) is 2.68. The van der Waals surface area contributed by atoms with Crippen molar-refractivity contribution in [1.82, 2.24) is 4.90 Å². The number of benzene rings is 1. The lowest BCUT2D eigenvalue weighted by Crippen LogP contribution is -2.40. The molecule has 1 aliphatic rings. The van der Waals surface area contributed by atoms with E-state index in [1.54, 1.807) is 14.2 Å². The van der Waals surface area contributed by atoms with Crippen LogP contribution in [0, 0.1) is 0 Å². The standard InChI is InChI=1S/C15H24N2O2/c1-18-12-7-9-17(10-8-12)11-14(16)13-5-3-4-6-15(13)19-2/h3-6,12,14H,7-11,16H2,1-2H3. The molecule has 19 heavy (non-hydrogen) atoms. The van der Waals surface area contributed by atoms with E-state index in [2.05, 4.69) is 4.90 Å². The van der Waals surface area contributed by atoms with Crippen molar-refractivity contribution in [2.75, 3.05) is 33.9 Å². The van der Waals surface area contributed by atoms with Crippen LogP contribution in [0.25, 0.3) is 0 Å². The zero-order chi connectivity index (χ0) is 13.7. The third-order valence-corrected chi connectivity index (χ3v) is 3.86. The van der Waals surface area contributed by atoms with E-state index in [0.717, 1.165) is 43.8 Å². The van der Waals surface area contributed by atoms with Crippen molar-refractivity contribution in [3.8, 4) is 5.75 Å². The molecule has 1 fully saturated rings. The molecule has 1 atom stereocenters. The number of methoxy groups -OCH3 is 2. The molecular weight excluding hydrogens is 240 g/mol.